The van der Waals surface area contributed by atoms with Crippen LogP contribution >= 0.6 is 0 Å². The van der Waals surface area contributed by atoms with Crippen LogP contribution in [0.15, 0.2) is 0 Å². The minimum absolute atomic E-state index is 2.16. The van der Waals surface area contributed by atoms with Crippen LogP contribution in [-0.2, 0) is 0 Å². The number of halogens is 19. The Hall–Kier alpha value is -1.37. The lowest BCUT2D eigenvalue weighted by Gasteiger charge is -2.41. The minimum atomic E-state index is -8.16. The van der Waals surface area contributed by atoms with E-state index in [2.05, 4.69) is 0 Å². The summed E-state index contributed by atoms with van der Waals surface area (Å²) in [6.45, 7) is -2.16. The van der Waals surface area contributed by atoms with E-state index in [0.717, 1.165) is 0 Å². The molecular formula is C12H7F19O. The summed E-state index contributed by atoms with van der Waals surface area (Å²) in [5, 5.41) is 8.04. The summed E-state index contributed by atoms with van der Waals surface area (Å²) in [5.74, 6) is -61.6. The highest BCUT2D eigenvalue weighted by molar-refractivity contribution is 5.11. The maximum atomic E-state index is 13.3. The van der Waals surface area contributed by atoms with Crippen molar-refractivity contribution in [1.82, 2.24) is 0 Å². The molecule has 0 rings (SSSR count). The average Bonchev–Trinajstić information content (AvgIpc) is 2.51. The van der Waals surface area contributed by atoms with Crippen molar-refractivity contribution in [2.24, 2.45) is 0 Å². The molecule has 0 aromatic heterocycles. The van der Waals surface area contributed by atoms with E-state index in [0.29, 0.717) is 0 Å². The lowest BCUT2D eigenvalue weighted by Crippen LogP contribution is -2.69. The van der Waals surface area contributed by atoms with Gasteiger partial charge in [0.25, 0.3) is 0 Å². The summed E-state index contributed by atoms with van der Waals surface area (Å²) in [4.78, 5) is 0. The summed E-state index contributed by atoms with van der Waals surface area (Å²) >= 11 is 0. The van der Waals surface area contributed by atoms with Gasteiger partial charge in [0.1, 0.15) is 0 Å². The fraction of sp³-hybridized carbons (Fsp3) is 1.00. The zero-order valence-electron chi connectivity index (χ0n) is 14.2. The van der Waals surface area contributed by atoms with Crippen molar-refractivity contribution in [2.75, 3.05) is 6.61 Å². The highest BCUT2D eigenvalue weighted by Gasteiger charge is 2.89. The van der Waals surface area contributed by atoms with Crippen LogP contribution in [-0.4, -0.2) is 65.3 Å². The third-order valence-electron chi connectivity index (χ3n) is 3.79. The molecule has 0 aliphatic carbocycles. The van der Waals surface area contributed by atoms with E-state index < -0.39 is 73.0 Å². The molecule has 194 valence electrons. The Morgan fingerprint density at radius 2 is 0.656 bits per heavy atom. The number of alkyl halides is 19. The SMILES string of the molecule is OCCC(F)(F)C(F)(F)C(F)(F)C(F)(F)C(F)(F)CC(F)(F)C(F)(F)C(F)(F)C(F)(F)F. The van der Waals surface area contributed by atoms with Gasteiger partial charge in [0, 0.05) is 13.0 Å². The molecule has 0 aromatic carbocycles. The summed E-state index contributed by atoms with van der Waals surface area (Å²) < 4.78 is 245. The second kappa shape index (κ2) is 7.85. The Kier molecular flexibility index (Phi) is 7.51. The topological polar surface area (TPSA) is 20.2 Å². The molecule has 0 amide bonds. The standard InChI is InChI=1S/C12H7F19O/c13-4(14,1-2-32)7(19,20)10(25,26)8(21,22)5(15,16)3-6(17,18)9(23,24)11(27,28)12(29,30)31/h32H,1-3H2. The molecule has 32 heavy (non-hydrogen) atoms. The Morgan fingerprint density at radius 3 is 0.938 bits per heavy atom. The molecule has 1 nitrogen and oxygen atoms in total. The number of aliphatic hydroxyl groups is 1. The molecule has 0 atom stereocenters. The third kappa shape index (κ3) is 4.26. The first kappa shape index (κ1) is 30.6. The van der Waals surface area contributed by atoms with Gasteiger partial charge in [0.05, 0.1) is 6.42 Å². The number of rotatable bonds is 10. The fourth-order valence-electron chi connectivity index (χ4n) is 1.86. The van der Waals surface area contributed by atoms with Gasteiger partial charge in [-0.3, -0.25) is 0 Å². The summed E-state index contributed by atoms with van der Waals surface area (Å²) in [7, 11) is 0. The van der Waals surface area contributed by atoms with Gasteiger partial charge in [0.2, 0.25) is 0 Å². The van der Waals surface area contributed by atoms with Crippen molar-refractivity contribution in [2.45, 2.75) is 66.4 Å². The van der Waals surface area contributed by atoms with E-state index in [4.69, 9.17) is 5.11 Å². The Balaban J connectivity index is 6.46. The predicted molar refractivity (Wildman–Crippen MR) is 62.0 cm³/mol. The van der Waals surface area contributed by atoms with Gasteiger partial charge in [-0.25, -0.2) is 0 Å². The van der Waals surface area contributed by atoms with Crippen molar-refractivity contribution in [1.29, 1.82) is 0 Å². The maximum absolute atomic E-state index is 13.3. The van der Waals surface area contributed by atoms with Gasteiger partial charge < -0.3 is 5.11 Å². The number of hydrogen-bond acceptors (Lipinski definition) is 1. The van der Waals surface area contributed by atoms with Crippen LogP contribution in [0.1, 0.15) is 12.8 Å². The van der Waals surface area contributed by atoms with Gasteiger partial charge in [0.15, 0.2) is 0 Å². The normalized spacial score (nSPS) is 16.5. The molecule has 0 spiro atoms. The Labute approximate surface area is 163 Å². The van der Waals surface area contributed by atoms with Crippen LogP contribution in [0.3, 0.4) is 0 Å². The lowest BCUT2D eigenvalue weighted by molar-refractivity contribution is -0.424. The molecule has 20 heteroatoms. The van der Waals surface area contributed by atoms with Gasteiger partial charge in [-0.2, -0.15) is 83.4 Å². The zero-order chi connectivity index (χ0) is 26.6. The molecule has 0 heterocycles. The van der Waals surface area contributed by atoms with Gasteiger partial charge >= 0.3 is 53.6 Å². The molecule has 0 saturated heterocycles. The molecule has 0 unspecified atom stereocenters. The Bertz CT molecular complexity index is 660. The maximum Gasteiger partial charge on any atom is 0.460 e. The second-order valence-corrected chi connectivity index (χ2v) is 6.13. The average molecular weight is 528 g/mol. The molecule has 0 bridgehead atoms. The van der Waals surface area contributed by atoms with E-state index in [1.807, 2.05) is 0 Å². The summed E-state index contributed by atoms with van der Waals surface area (Å²) in [5.41, 5.74) is 0. The zero-order valence-corrected chi connectivity index (χ0v) is 14.2. The first-order valence-corrected chi connectivity index (χ1v) is 7.22. The van der Waals surface area contributed by atoms with E-state index in [-0.39, 0.29) is 0 Å². The van der Waals surface area contributed by atoms with Crippen LogP contribution < -0.4 is 0 Å². The van der Waals surface area contributed by atoms with Crippen molar-refractivity contribution >= 4 is 0 Å². The van der Waals surface area contributed by atoms with E-state index in [1.165, 1.54) is 0 Å². The van der Waals surface area contributed by atoms with Gasteiger partial charge in [-0.05, 0) is 0 Å². The molecule has 1 N–H and O–H groups in total. The third-order valence-corrected chi connectivity index (χ3v) is 3.79. The van der Waals surface area contributed by atoms with Crippen molar-refractivity contribution in [3.63, 3.8) is 0 Å². The molecule has 0 fully saturated rings. The fourth-order valence-corrected chi connectivity index (χ4v) is 1.86. The summed E-state index contributed by atoms with van der Waals surface area (Å²) in [6, 6.07) is 0. The molecule has 0 aliphatic rings. The first-order valence-electron chi connectivity index (χ1n) is 7.22. The second-order valence-electron chi connectivity index (χ2n) is 6.13. The van der Waals surface area contributed by atoms with Crippen molar-refractivity contribution < 1.29 is 88.5 Å². The molecule has 0 aliphatic heterocycles. The summed E-state index contributed by atoms with van der Waals surface area (Å²) in [6.07, 6.45) is -15.5. The van der Waals surface area contributed by atoms with Crippen LogP contribution in [0.4, 0.5) is 83.4 Å². The lowest BCUT2D eigenvalue weighted by atomic mass is 9.88. The molecule has 0 radical (unpaired) electrons. The smallest absolute Gasteiger partial charge is 0.396 e. The Morgan fingerprint density at radius 1 is 0.375 bits per heavy atom. The van der Waals surface area contributed by atoms with Gasteiger partial charge in [-0.1, -0.05) is 0 Å². The van der Waals surface area contributed by atoms with E-state index in [1.54, 1.807) is 0 Å². The van der Waals surface area contributed by atoms with Crippen molar-refractivity contribution in [3.05, 3.63) is 0 Å². The monoisotopic (exact) mass is 528 g/mol. The van der Waals surface area contributed by atoms with E-state index >= 15 is 0 Å². The van der Waals surface area contributed by atoms with Crippen LogP contribution in [0.25, 0.3) is 0 Å². The van der Waals surface area contributed by atoms with E-state index in [9.17, 15) is 83.4 Å². The largest absolute Gasteiger partial charge is 0.460 e. The highest BCUT2D eigenvalue weighted by atomic mass is 19.4. The first-order chi connectivity index (χ1) is 13.5. The molecule has 0 saturated carbocycles. The van der Waals surface area contributed by atoms with Crippen LogP contribution in [0, 0.1) is 0 Å². The highest BCUT2D eigenvalue weighted by Crippen LogP contribution is 2.61. The minimum Gasteiger partial charge on any atom is -0.396 e. The molecular weight excluding hydrogens is 521 g/mol. The predicted octanol–water partition coefficient (Wildman–Crippen LogP) is 6.40. The number of aliphatic hydroxyl groups excluding tert-OH is 1. The quantitative estimate of drug-likeness (QED) is 0.326. The number of hydrogen-bond donors (Lipinski definition) is 1. The van der Waals surface area contributed by atoms with Gasteiger partial charge in [-0.15, -0.1) is 0 Å². The van der Waals surface area contributed by atoms with Crippen LogP contribution in [0.2, 0.25) is 0 Å². The molecule has 0 aromatic rings. The van der Waals surface area contributed by atoms with Crippen LogP contribution in [0.5, 0.6) is 0 Å². The van der Waals surface area contributed by atoms with Crippen molar-refractivity contribution in [3.8, 4) is 0 Å².